The van der Waals surface area contributed by atoms with E-state index < -0.39 is 6.17 Å². The van der Waals surface area contributed by atoms with Crippen LogP contribution in [0.15, 0.2) is 12.1 Å². The van der Waals surface area contributed by atoms with Gasteiger partial charge in [-0.3, -0.25) is 4.98 Å². The van der Waals surface area contributed by atoms with Crippen molar-refractivity contribution in [1.29, 1.82) is 0 Å². The molecule has 1 aliphatic heterocycles. The number of fused-ring (bicyclic) bond motifs is 2. The third kappa shape index (κ3) is 4.42. The molecule has 1 atom stereocenters. The normalized spacial score (nSPS) is 19.3. The minimum absolute atomic E-state index is 0.557. The maximum Gasteiger partial charge on any atom is 0.163 e. The Morgan fingerprint density at radius 1 is 1.24 bits per heavy atom. The van der Waals surface area contributed by atoms with Gasteiger partial charge in [0.25, 0.3) is 0 Å². The Balaban J connectivity index is 1.54. The second kappa shape index (κ2) is 9.16. The van der Waals surface area contributed by atoms with Crippen molar-refractivity contribution in [3.05, 3.63) is 23.4 Å². The number of nitrogens with one attached hydrogen (secondary N) is 1. The third-order valence-corrected chi connectivity index (χ3v) is 5.99. The largest absolute Gasteiger partial charge is 0.493 e. The standard InChI is InChI=1S/C23H32FN3O2/c1-3-25-23-17-7-4-5-8-19(17)26-20-14-22(21(28-2)13-18(20)23)29-12-6-10-27-11-9-16(24)15-27/h13-14,16H,3-12,15H2,1-2H3,(H,25,26)/t16-/m0/s1. The predicted molar refractivity (Wildman–Crippen MR) is 115 cm³/mol. The predicted octanol–water partition coefficient (Wildman–Crippen LogP) is 4.37. The molecule has 0 radical (unpaired) electrons. The first-order valence-electron chi connectivity index (χ1n) is 11.0. The molecule has 2 aromatic rings. The molecule has 0 amide bonds. The van der Waals surface area contributed by atoms with Crippen molar-refractivity contribution in [2.75, 3.05) is 45.2 Å². The highest BCUT2D eigenvalue weighted by Crippen LogP contribution is 2.39. The maximum absolute atomic E-state index is 13.3. The number of anilines is 1. The number of hydrogen-bond acceptors (Lipinski definition) is 5. The smallest absolute Gasteiger partial charge is 0.163 e. The number of rotatable bonds is 8. The number of halogens is 1. The van der Waals surface area contributed by atoms with E-state index in [1.807, 2.05) is 6.07 Å². The second-order valence-electron chi connectivity index (χ2n) is 8.06. The van der Waals surface area contributed by atoms with Gasteiger partial charge >= 0.3 is 0 Å². The van der Waals surface area contributed by atoms with Gasteiger partial charge in [0.1, 0.15) is 6.17 Å². The van der Waals surface area contributed by atoms with Gasteiger partial charge in [0.15, 0.2) is 11.5 Å². The van der Waals surface area contributed by atoms with Crippen LogP contribution in [0, 0.1) is 0 Å². The first kappa shape index (κ1) is 20.2. The lowest BCUT2D eigenvalue weighted by Crippen LogP contribution is -2.23. The van der Waals surface area contributed by atoms with Crippen LogP contribution >= 0.6 is 0 Å². The first-order chi connectivity index (χ1) is 14.2. The molecule has 1 saturated heterocycles. The fourth-order valence-corrected chi connectivity index (χ4v) is 4.54. The van der Waals surface area contributed by atoms with E-state index in [1.165, 1.54) is 29.8 Å². The van der Waals surface area contributed by atoms with E-state index in [-0.39, 0.29) is 0 Å². The summed E-state index contributed by atoms with van der Waals surface area (Å²) in [5, 5.41) is 4.66. The molecule has 1 aromatic heterocycles. The summed E-state index contributed by atoms with van der Waals surface area (Å²) in [7, 11) is 1.68. The highest BCUT2D eigenvalue weighted by atomic mass is 19.1. The third-order valence-electron chi connectivity index (χ3n) is 5.99. The van der Waals surface area contributed by atoms with E-state index in [2.05, 4.69) is 23.2 Å². The Labute approximate surface area is 172 Å². The number of aromatic nitrogens is 1. The van der Waals surface area contributed by atoms with Gasteiger partial charge in [0, 0.05) is 49.0 Å². The Kier molecular flexibility index (Phi) is 6.38. The monoisotopic (exact) mass is 401 g/mol. The topological polar surface area (TPSA) is 46.6 Å². The summed E-state index contributed by atoms with van der Waals surface area (Å²) < 4.78 is 25.0. The Morgan fingerprint density at radius 2 is 2.10 bits per heavy atom. The quantitative estimate of drug-likeness (QED) is 0.666. The zero-order chi connectivity index (χ0) is 20.2. The SMILES string of the molecule is CCNc1c2c(nc3cc(OCCCN4CC[C@H](F)C4)c(OC)cc13)CCCC2. The van der Waals surface area contributed by atoms with Crippen molar-refractivity contribution in [2.45, 2.75) is 51.6 Å². The molecule has 4 rings (SSSR count). The van der Waals surface area contributed by atoms with Crippen LogP contribution in [0.2, 0.25) is 0 Å². The Hall–Kier alpha value is -2.08. The van der Waals surface area contributed by atoms with E-state index in [0.717, 1.165) is 61.3 Å². The van der Waals surface area contributed by atoms with Crippen molar-refractivity contribution in [3.63, 3.8) is 0 Å². The highest BCUT2D eigenvalue weighted by Gasteiger charge is 2.22. The van der Waals surface area contributed by atoms with Gasteiger partial charge in [-0.2, -0.15) is 0 Å². The molecule has 0 unspecified atom stereocenters. The van der Waals surface area contributed by atoms with Gasteiger partial charge in [-0.1, -0.05) is 0 Å². The number of benzene rings is 1. The molecule has 0 bridgehead atoms. The highest BCUT2D eigenvalue weighted by molar-refractivity contribution is 5.95. The summed E-state index contributed by atoms with van der Waals surface area (Å²) in [5.41, 5.74) is 4.73. The summed E-state index contributed by atoms with van der Waals surface area (Å²) in [6.07, 6.45) is 5.40. The lowest BCUT2D eigenvalue weighted by Gasteiger charge is -2.22. The van der Waals surface area contributed by atoms with E-state index in [1.54, 1.807) is 7.11 Å². The summed E-state index contributed by atoms with van der Waals surface area (Å²) in [6.45, 7) is 5.86. The van der Waals surface area contributed by atoms with Crippen LogP contribution in [0.5, 0.6) is 11.5 Å². The average Bonchev–Trinajstić information content (AvgIpc) is 3.15. The number of nitrogens with zero attached hydrogens (tertiary/aromatic N) is 2. The molecule has 1 N–H and O–H groups in total. The van der Waals surface area contributed by atoms with Gasteiger partial charge < -0.3 is 19.7 Å². The van der Waals surface area contributed by atoms with Gasteiger partial charge in [-0.25, -0.2) is 4.39 Å². The molecular weight excluding hydrogens is 369 g/mol. The van der Waals surface area contributed by atoms with Crippen LogP contribution in [0.3, 0.4) is 0 Å². The van der Waals surface area contributed by atoms with Crippen LogP contribution in [0.4, 0.5) is 10.1 Å². The van der Waals surface area contributed by atoms with E-state index >= 15 is 0 Å². The Morgan fingerprint density at radius 3 is 2.86 bits per heavy atom. The van der Waals surface area contributed by atoms with Crippen LogP contribution in [-0.2, 0) is 12.8 Å². The molecule has 2 aliphatic rings. The van der Waals surface area contributed by atoms with Crippen LogP contribution in [-0.4, -0.2) is 56.0 Å². The minimum atomic E-state index is -0.667. The zero-order valence-corrected chi connectivity index (χ0v) is 17.6. The number of ether oxygens (including phenoxy) is 2. The van der Waals surface area contributed by atoms with Crippen molar-refractivity contribution < 1.29 is 13.9 Å². The second-order valence-corrected chi connectivity index (χ2v) is 8.06. The molecule has 6 heteroatoms. The number of likely N-dealkylation sites (tertiary alicyclic amines) is 1. The molecule has 0 saturated carbocycles. The number of aryl methyl sites for hydroxylation is 1. The van der Waals surface area contributed by atoms with Crippen LogP contribution in [0.25, 0.3) is 10.9 Å². The number of alkyl halides is 1. The molecule has 158 valence electrons. The van der Waals surface area contributed by atoms with E-state index in [0.29, 0.717) is 19.6 Å². The average molecular weight is 402 g/mol. The van der Waals surface area contributed by atoms with Gasteiger partial charge in [-0.15, -0.1) is 0 Å². The molecular formula is C23H32FN3O2. The fourth-order valence-electron chi connectivity index (χ4n) is 4.54. The van der Waals surface area contributed by atoms with E-state index in [4.69, 9.17) is 14.5 Å². The van der Waals surface area contributed by atoms with Gasteiger partial charge in [0.05, 0.1) is 19.2 Å². The summed E-state index contributed by atoms with van der Waals surface area (Å²) in [6, 6.07) is 4.07. The van der Waals surface area contributed by atoms with Gasteiger partial charge in [0.2, 0.25) is 0 Å². The lowest BCUT2D eigenvalue weighted by atomic mass is 9.92. The number of hydrogen-bond donors (Lipinski definition) is 1. The maximum atomic E-state index is 13.3. The summed E-state index contributed by atoms with van der Waals surface area (Å²) >= 11 is 0. The molecule has 0 spiro atoms. The van der Waals surface area contributed by atoms with Crippen molar-refractivity contribution in [1.82, 2.24) is 9.88 Å². The van der Waals surface area contributed by atoms with E-state index in [9.17, 15) is 4.39 Å². The fraction of sp³-hybridized carbons (Fsp3) is 0.609. The van der Waals surface area contributed by atoms with Crippen LogP contribution in [0.1, 0.15) is 43.9 Å². The van der Waals surface area contributed by atoms with Crippen molar-refractivity contribution in [3.8, 4) is 11.5 Å². The molecule has 1 aromatic carbocycles. The minimum Gasteiger partial charge on any atom is -0.493 e. The molecule has 5 nitrogen and oxygen atoms in total. The number of pyridine rings is 1. The van der Waals surface area contributed by atoms with Crippen molar-refractivity contribution >= 4 is 16.6 Å². The van der Waals surface area contributed by atoms with Gasteiger partial charge in [-0.05, 0) is 57.1 Å². The molecule has 1 fully saturated rings. The van der Waals surface area contributed by atoms with Crippen LogP contribution < -0.4 is 14.8 Å². The summed E-state index contributed by atoms with van der Waals surface area (Å²) in [4.78, 5) is 7.14. The molecule has 2 heterocycles. The zero-order valence-electron chi connectivity index (χ0n) is 17.6. The first-order valence-corrected chi connectivity index (χ1v) is 11.0. The Bertz CT molecular complexity index is 858. The lowest BCUT2D eigenvalue weighted by molar-refractivity contribution is 0.243. The number of methoxy groups -OCH3 is 1. The molecule has 1 aliphatic carbocycles. The van der Waals surface area contributed by atoms with Crippen molar-refractivity contribution in [2.24, 2.45) is 0 Å². The summed E-state index contributed by atoms with van der Waals surface area (Å²) in [5.74, 6) is 1.47. The molecule has 29 heavy (non-hydrogen) atoms.